The number of piperidine rings is 2. The van der Waals surface area contributed by atoms with Crippen LogP contribution >= 0.6 is 0 Å². The highest BCUT2D eigenvalue weighted by Crippen LogP contribution is 2.40. The summed E-state index contributed by atoms with van der Waals surface area (Å²) in [5.41, 5.74) is 3.62. The molecule has 3 aliphatic rings. The Morgan fingerprint density at radius 3 is 2.70 bits per heavy atom. The van der Waals surface area contributed by atoms with E-state index in [1.165, 1.54) is 36.9 Å². The van der Waals surface area contributed by atoms with Crippen molar-refractivity contribution in [3.05, 3.63) is 42.1 Å². The molecule has 2 atom stereocenters. The summed E-state index contributed by atoms with van der Waals surface area (Å²) >= 11 is 0. The first kappa shape index (κ1) is 19.3. The minimum atomic E-state index is -0.237. The molecule has 0 N–H and O–H groups in total. The van der Waals surface area contributed by atoms with Crippen molar-refractivity contribution in [3.8, 4) is 0 Å². The van der Waals surface area contributed by atoms with Crippen LogP contribution in [-0.4, -0.2) is 53.2 Å². The van der Waals surface area contributed by atoms with Gasteiger partial charge in [-0.05, 0) is 73.9 Å². The van der Waals surface area contributed by atoms with Gasteiger partial charge >= 0.3 is 0 Å². The van der Waals surface area contributed by atoms with Crippen molar-refractivity contribution in [3.63, 3.8) is 0 Å². The maximum Gasteiger partial charge on any atom is 0.246 e. The highest BCUT2D eigenvalue weighted by molar-refractivity contribution is 5.91. The van der Waals surface area contributed by atoms with Crippen LogP contribution in [0.15, 0.2) is 36.5 Å². The molecule has 1 amide bonds. The first-order chi connectivity index (χ1) is 14.7. The van der Waals surface area contributed by atoms with Gasteiger partial charge in [-0.15, -0.1) is 5.10 Å². The molecule has 0 aliphatic carbocycles. The molecule has 1 aromatic carbocycles. The predicted molar refractivity (Wildman–Crippen MR) is 119 cm³/mol. The summed E-state index contributed by atoms with van der Waals surface area (Å²) in [5.74, 6) is 1.55. The van der Waals surface area contributed by atoms with E-state index >= 15 is 0 Å². The van der Waals surface area contributed by atoms with Crippen LogP contribution in [-0.2, 0) is 11.2 Å². The molecule has 0 radical (unpaired) electrons. The van der Waals surface area contributed by atoms with Crippen molar-refractivity contribution in [1.82, 2.24) is 15.1 Å². The van der Waals surface area contributed by atoms with E-state index in [1.807, 2.05) is 12.1 Å². The normalized spacial score (nSPS) is 24.1. The fraction of sp³-hybridized carbons (Fsp3) is 0.542. The number of aromatic nitrogens is 2. The van der Waals surface area contributed by atoms with Crippen LogP contribution in [0.4, 0.5) is 17.2 Å². The standard InChI is InChI=1S/C24H31N5O/c1-18-7-6-14-28(17-18)24(30)22-16-19-15-20(27-12-3-2-4-13-27)9-10-21(19)29(22)23-8-5-11-25-26-23/h5,8-11,15,18,22H,2-4,6-7,12-14,16-17H2,1H3. The van der Waals surface area contributed by atoms with E-state index in [4.69, 9.17) is 0 Å². The third-order valence-electron chi connectivity index (χ3n) is 6.83. The molecule has 2 aromatic rings. The topological polar surface area (TPSA) is 52.6 Å². The SMILES string of the molecule is CC1CCCN(C(=O)C2Cc3cc(N4CCCCC4)ccc3N2c2cccnn2)C1. The molecule has 2 fully saturated rings. The number of fused-ring (bicyclic) bond motifs is 1. The van der Waals surface area contributed by atoms with Crippen molar-refractivity contribution < 1.29 is 4.79 Å². The highest BCUT2D eigenvalue weighted by atomic mass is 16.2. The number of amides is 1. The number of carbonyl (C=O) groups excluding carboxylic acids is 1. The average Bonchev–Trinajstić information content (AvgIpc) is 3.18. The summed E-state index contributed by atoms with van der Waals surface area (Å²) in [6.07, 6.45) is 8.57. The van der Waals surface area contributed by atoms with Gasteiger partial charge in [0.15, 0.2) is 5.82 Å². The molecule has 5 rings (SSSR count). The molecule has 2 saturated heterocycles. The zero-order valence-corrected chi connectivity index (χ0v) is 17.8. The van der Waals surface area contributed by atoms with Crippen molar-refractivity contribution >= 4 is 23.1 Å². The average molecular weight is 406 g/mol. The summed E-state index contributed by atoms with van der Waals surface area (Å²) in [4.78, 5) is 20.3. The van der Waals surface area contributed by atoms with E-state index in [0.717, 1.165) is 50.5 Å². The number of anilines is 3. The highest BCUT2D eigenvalue weighted by Gasteiger charge is 2.39. The Balaban J connectivity index is 1.47. The van der Waals surface area contributed by atoms with Crippen molar-refractivity contribution in [1.29, 1.82) is 0 Å². The largest absolute Gasteiger partial charge is 0.372 e. The smallest absolute Gasteiger partial charge is 0.246 e. The van der Waals surface area contributed by atoms with Gasteiger partial charge in [0.05, 0.1) is 0 Å². The minimum absolute atomic E-state index is 0.225. The quantitative estimate of drug-likeness (QED) is 0.778. The Labute approximate surface area is 178 Å². The number of likely N-dealkylation sites (tertiary alicyclic amines) is 1. The lowest BCUT2D eigenvalue weighted by molar-refractivity contribution is -0.134. The summed E-state index contributed by atoms with van der Waals surface area (Å²) in [6.45, 7) is 6.22. The fourth-order valence-corrected chi connectivity index (χ4v) is 5.29. The van der Waals surface area contributed by atoms with Gasteiger partial charge in [-0.25, -0.2) is 0 Å². The van der Waals surface area contributed by atoms with Gasteiger partial charge in [0, 0.05) is 50.2 Å². The molecule has 0 bridgehead atoms. The monoisotopic (exact) mass is 405 g/mol. The predicted octanol–water partition coefficient (Wildman–Crippen LogP) is 3.79. The Hall–Kier alpha value is -2.63. The van der Waals surface area contributed by atoms with E-state index < -0.39 is 0 Å². The first-order valence-corrected chi connectivity index (χ1v) is 11.4. The molecule has 1 aromatic heterocycles. The van der Waals surface area contributed by atoms with Crippen molar-refractivity contribution in [2.45, 2.75) is 51.5 Å². The molecule has 0 spiro atoms. The van der Waals surface area contributed by atoms with Crippen molar-refractivity contribution in [2.24, 2.45) is 5.92 Å². The maximum absolute atomic E-state index is 13.6. The Morgan fingerprint density at radius 2 is 1.93 bits per heavy atom. The van der Waals surface area contributed by atoms with Crippen LogP contribution < -0.4 is 9.80 Å². The van der Waals surface area contributed by atoms with Crippen LogP contribution in [0.1, 0.15) is 44.6 Å². The van der Waals surface area contributed by atoms with Crippen LogP contribution in [0.5, 0.6) is 0 Å². The summed E-state index contributed by atoms with van der Waals surface area (Å²) in [6, 6.07) is 10.3. The number of hydrogen-bond acceptors (Lipinski definition) is 5. The molecular formula is C24H31N5O. The summed E-state index contributed by atoms with van der Waals surface area (Å²) in [7, 11) is 0. The van der Waals surface area contributed by atoms with Gasteiger partial charge in [-0.2, -0.15) is 5.10 Å². The van der Waals surface area contributed by atoms with Crippen LogP contribution in [0, 0.1) is 5.92 Å². The molecule has 6 heteroatoms. The van der Waals surface area contributed by atoms with Gasteiger partial charge < -0.3 is 14.7 Å². The van der Waals surface area contributed by atoms with Crippen LogP contribution in [0.25, 0.3) is 0 Å². The first-order valence-electron chi connectivity index (χ1n) is 11.4. The van der Waals surface area contributed by atoms with Crippen molar-refractivity contribution in [2.75, 3.05) is 36.0 Å². The van der Waals surface area contributed by atoms with Crippen LogP contribution in [0.2, 0.25) is 0 Å². The Kier molecular flexibility index (Phi) is 5.32. The zero-order valence-electron chi connectivity index (χ0n) is 17.8. The molecule has 4 heterocycles. The van der Waals surface area contributed by atoms with E-state index in [0.29, 0.717) is 5.92 Å². The van der Waals surface area contributed by atoms with E-state index in [-0.39, 0.29) is 11.9 Å². The van der Waals surface area contributed by atoms with Gasteiger partial charge in [-0.1, -0.05) is 6.92 Å². The molecule has 6 nitrogen and oxygen atoms in total. The second kappa shape index (κ2) is 8.25. The summed E-state index contributed by atoms with van der Waals surface area (Å²) in [5, 5.41) is 8.45. The lowest BCUT2D eigenvalue weighted by Gasteiger charge is -2.35. The minimum Gasteiger partial charge on any atom is -0.372 e. The number of hydrogen-bond donors (Lipinski definition) is 0. The second-order valence-electron chi connectivity index (χ2n) is 9.06. The van der Waals surface area contributed by atoms with Gasteiger partial charge in [0.25, 0.3) is 0 Å². The molecule has 3 aliphatic heterocycles. The maximum atomic E-state index is 13.6. The van der Waals surface area contributed by atoms with E-state index in [1.54, 1.807) is 6.20 Å². The van der Waals surface area contributed by atoms with Gasteiger partial charge in [-0.3, -0.25) is 4.79 Å². The third-order valence-corrected chi connectivity index (χ3v) is 6.83. The molecular weight excluding hydrogens is 374 g/mol. The number of rotatable bonds is 3. The Bertz CT molecular complexity index is 896. The second-order valence-corrected chi connectivity index (χ2v) is 9.06. The molecule has 158 valence electrons. The third kappa shape index (κ3) is 3.64. The van der Waals surface area contributed by atoms with E-state index in [2.05, 4.69) is 50.0 Å². The molecule has 2 unspecified atom stereocenters. The zero-order chi connectivity index (χ0) is 20.5. The lowest BCUT2D eigenvalue weighted by atomic mass is 9.99. The van der Waals surface area contributed by atoms with Crippen LogP contribution in [0.3, 0.4) is 0 Å². The number of benzene rings is 1. The van der Waals surface area contributed by atoms with Gasteiger partial charge in [0.2, 0.25) is 5.91 Å². The molecule has 30 heavy (non-hydrogen) atoms. The summed E-state index contributed by atoms with van der Waals surface area (Å²) < 4.78 is 0. The fourth-order valence-electron chi connectivity index (χ4n) is 5.29. The van der Waals surface area contributed by atoms with Gasteiger partial charge in [0.1, 0.15) is 6.04 Å². The Morgan fingerprint density at radius 1 is 1.07 bits per heavy atom. The van der Waals surface area contributed by atoms with E-state index in [9.17, 15) is 4.79 Å². The number of carbonyl (C=O) groups is 1. The molecule has 0 saturated carbocycles. The lowest BCUT2D eigenvalue weighted by Crippen LogP contribution is -2.49. The number of nitrogens with zero attached hydrogens (tertiary/aromatic N) is 5.